The number of unbranched alkanes of at least 4 members (excludes halogenated alkanes) is 1. The van der Waals surface area contributed by atoms with E-state index in [4.69, 9.17) is 14.0 Å². The molecule has 4 rings (SSSR count). The number of hydrogen-bond acceptors (Lipinski definition) is 7. The lowest BCUT2D eigenvalue weighted by molar-refractivity contribution is -0.138. The van der Waals surface area contributed by atoms with E-state index in [9.17, 15) is 4.79 Å². The topological polar surface area (TPSA) is 80.9 Å². The Hall–Kier alpha value is -2.29. The standard InChI is InChI=1S/C26H38N4O4/c1-2-3-16-32-17-18-33-20-24(31)30-14-12-29(13-15-30)19-21-8-10-22(11-9-21)25-27-26(34-28-25)23-6-4-5-7-23/h8-11,23H,2-7,12-20H2,1H3. The fourth-order valence-corrected chi connectivity index (χ4v) is 4.58. The highest BCUT2D eigenvalue weighted by atomic mass is 16.5. The van der Waals surface area contributed by atoms with Crippen molar-refractivity contribution < 1.29 is 18.8 Å². The van der Waals surface area contributed by atoms with E-state index >= 15 is 0 Å². The average molecular weight is 471 g/mol. The first kappa shape index (κ1) is 24.8. The zero-order chi connectivity index (χ0) is 23.6. The molecule has 0 radical (unpaired) electrons. The molecule has 1 saturated heterocycles. The van der Waals surface area contributed by atoms with Crippen LogP contribution in [-0.2, 0) is 20.8 Å². The van der Waals surface area contributed by atoms with E-state index in [0.29, 0.717) is 25.0 Å². The number of ether oxygens (including phenoxy) is 2. The highest BCUT2D eigenvalue weighted by Gasteiger charge is 2.24. The number of benzene rings is 1. The summed E-state index contributed by atoms with van der Waals surface area (Å²) in [6.45, 7) is 8.12. The Kier molecular flexibility index (Phi) is 9.47. The molecule has 186 valence electrons. The molecule has 2 aromatic rings. The maximum absolute atomic E-state index is 12.4. The zero-order valence-corrected chi connectivity index (χ0v) is 20.4. The van der Waals surface area contributed by atoms with Crippen LogP contribution in [0.5, 0.6) is 0 Å². The molecule has 0 spiro atoms. The number of nitrogens with zero attached hydrogens (tertiary/aromatic N) is 4. The van der Waals surface area contributed by atoms with Gasteiger partial charge in [0, 0.05) is 50.8 Å². The summed E-state index contributed by atoms with van der Waals surface area (Å²) in [7, 11) is 0. The van der Waals surface area contributed by atoms with Crippen LogP contribution in [0.1, 0.15) is 62.8 Å². The Balaban J connectivity index is 1.15. The molecule has 2 fully saturated rings. The smallest absolute Gasteiger partial charge is 0.248 e. The van der Waals surface area contributed by atoms with Crippen LogP contribution in [0.15, 0.2) is 28.8 Å². The van der Waals surface area contributed by atoms with Crippen molar-refractivity contribution in [3.8, 4) is 11.4 Å². The van der Waals surface area contributed by atoms with E-state index in [2.05, 4.69) is 46.2 Å². The Morgan fingerprint density at radius 3 is 2.50 bits per heavy atom. The van der Waals surface area contributed by atoms with Gasteiger partial charge in [0.2, 0.25) is 17.6 Å². The van der Waals surface area contributed by atoms with E-state index in [0.717, 1.165) is 76.5 Å². The van der Waals surface area contributed by atoms with Gasteiger partial charge in [0.05, 0.1) is 13.2 Å². The molecule has 34 heavy (non-hydrogen) atoms. The second kappa shape index (κ2) is 13.0. The van der Waals surface area contributed by atoms with Crippen molar-refractivity contribution in [1.82, 2.24) is 19.9 Å². The summed E-state index contributed by atoms with van der Waals surface area (Å²) in [4.78, 5) is 21.3. The number of hydrogen-bond donors (Lipinski definition) is 0. The van der Waals surface area contributed by atoms with Gasteiger partial charge in [-0.05, 0) is 24.8 Å². The largest absolute Gasteiger partial charge is 0.379 e. The third kappa shape index (κ3) is 7.10. The molecule has 2 aliphatic rings. The van der Waals surface area contributed by atoms with Crippen molar-refractivity contribution in [1.29, 1.82) is 0 Å². The third-order valence-corrected chi connectivity index (χ3v) is 6.73. The van der Waals surface area contributed by atoms with Crippen molar-refractivity contribution in [3.05, 3.63) is 35.7 Å². The fraction of sp³-hybridized carbons (Fsp3) is 0.654. The maximum atomic E-state index is 12.4. The lowest BCUT2D eigenvalue weighted by Crippen LogP contribution is -2.49. The highest BCUT2D eigenvalue weighted by Crippen LogP contribution is 2.33. The molecule has 0 N–H and O–H groups in total. The number of aromatic nitrogens is 2. The first-order chi connectivity index (χ1) is 16.7. The molecule has 0 atom stereocenters. The number of carbonyl (C=O) groups excluding carboxylic acids is 1. The van der Waals surface area contributed by atoms with Gasteiger partial charge >= 0.3 is 0 Å². The zero-order valence-electron chi connectivity index (χ0n) is 20.4. The van der Waals surface area contributed by atoms with Crippen molar-refractivity contribution in [3.63, 3.8) is 0 Å². The molecular weight excluding hydrogens is 432 g/mol. The Bertz CT molecular complexity index is 871. The summed E-state index contributed by atoms with van der Waals surface area (Å²) in [6.07, 6.45) is 7.00. The molecular formula is C26H38N4O4. The molecule has 1 amide bonds. The molecule has 1 aromatic heterocycles. The average Bonchev–Trinajstić information content (AvgIpc) is 3.57. The molecule has 1 aliphatic carbocycles. The van der Waals surface area contributed by atoms with Gasteiger partial charge in [0.15, 0.2) is 0 Å². The Morgan fingerprint density at radius 2 is 1.76 bits per heavy atom. The molecule has 8 heteroatoms. The van der Waals surface area contributed by atoms with Crippen LogP contribution in [0.25, 0.3) is 11.4 Å². The van der Waals surface area contributed by atoms with Gasteiger partial charge < -0.3 is 18.9 Å². The van der Waals surface area contributed by atoms with E-state index < -0.39 is 0 Å². The number of amides is 1. The highest BCUT2D eigenvalue weighted by molar-refractivity contribution is 5.77. The molecule has 2 heterocycles. The van der Waals surface area contributed by atoms with E-state index in [1.807, 2.05) is 4.90 Å². The summed E-state index contributed by atoms with van der Waals surface area (Å²) >= 11 is 0. The van der Waals surface area contributed by atoms with Gasteiger partial charge in [0.1, 0.15) is 6.61 Å². The molecule has 0 bridgehead atoms. The van der Waals surface area contributed by atoms with E-state index in [-0.39, 0.29) is 12.5 Å². The van der Waals surface area contributed by atoms with Crippen LogP contribution in [0, 0.1) is 0 Å². The first-order valence-electron chi connectivity index (χ1n) is 12.8. The number of carbonyl (C=O) groups is 1. The second-order valence-electron chi connectivity index (χ2n) is 9.31. The van der Waals surface area contributed by atoms with Crippen LogP contribution in [0.3, 0.4) is 0 Å². The van der Waals surface area contributed by atoms with Gasteiger partial charge in [0.25, 0.3) is 0 Å². The summed E-state index contributed by atoms with van der Waals surface area (Å²) < 4.78 is 16.5. The Labute approximate surface area is 202 Å². The van der Waals surface area contributed by atoms with Crippen LogP contribution in [0.2, 0.25) is 0 Å². The van der Waals surface area contributed by atoms with Crippen LogP contribution >= 0.6 is 0 Å². The third-order valence-electron chi connectivity index (χ3n) is 6.73. The van der Waals surface area contributed by atoms with Gasteiger partial charge in [-0.25, -0.2) is 0 Å². The second-order valence-corrected chi connectivity index (χ2v) is 9.31. The summed E-state index contributed by atoms with van der Waals surface area (Å²) in [5, 5.41) is 4.19. The Morgan fingerprint density at radius 1 is 1.03 bits per heavy atom. The summed E-state index contributed by atoms with van der Waals surface area (Å²) in [5.41, 5.74) is 2.23. The van der Waals surface area contributed by atoms with Gasteiger partial charge in [-0.3, -0.25) is 9.69 Å². The predicted molar refractivity (Wildman–Crippen MR) is 129 cm³/mol. The fourth-order valence-electron chi connectivity index (χ4n) is 4.58. The van der Waals surface area contributed by atoms with Gasteiger partial charge in [-0.15, -0.1) is 0 Å². The predicted octanol–water partition coefficient (Wildman–Crippen LogP) is 3.87. The van der Waals surface area contributed by atoms with Crippen molar-refractivity contribution >= 4 is 5.91 Å². The SMILES string of the molecule is CCCCOCCOCC(=O)N1CCN(Cc2ccc(-c3noc(C4CCCC4)n3)cc2)CC1. The molecule has 1 saturated carbocycles. The van der Waals surface area contributed by atoms with Crippen molar-refractivity contribution in [2.45, 2.75) is 57.9 Å². The summed E-state index contributed by atoms with van der Waals surface area (Å²) in [5.74, 6) is 1.96. The lowest BCUT2D eigenvalue weighted by atomic mass is 10.1. The monoisotopic (exact) mass is 470 g/mol. The van der Waals surface area contributed by atoms with Gasteiger partial charge in [-0.1, -0.05) is 55.6 Å². The molecule has 1 aliphatic heterocycles. The van der Waals surface area contributed by atoms with E-state index in [1.54, 1.807) is 0 Å². The minimum atomic E-state index is 0.0645. The minimum Gasteiger partial charge on any atom is -0.379 e. The summed E-state index contributed by atoms with van der Waals surface area (Å²) in [6, 6.07) is 8.41. The minimum absolute atomic E-state index is 0.0645. The van der Waals surface area contributed by atoms with Crippen LogP contribution < -0.4 is 0 Å². The number of piperazine rings is 1. The van der Waals surface area contributed by atoms with Crippen molar-refractivity contribution in [2.24, 2.45) is 0 Å². The van der Waals surface area contributed by atoms with E-state index in [1.165, 1.54) is 18.4 Å². The normalized spacial score (nSPS) is 17.5. The lowest BCUT2D eigenvalue weighted by Gasteiger charge is -2.34. The molecule has 0 unspecified atom stereocenters. The van der Waals surface area contributed by atoms with Crippen LogP contribution in [-0.4, -0.2) is 78.5 Å². The quantitative estimate of drug-likeness (QED) is 0.436. The first-order valence-corrected chi connectivity index (χ1v) is 12.8. The molecule has 1 aromatic carbocycles. The molecule has 8 nitrogen and oxygen atoms in total. The van der Waals surface area contributed by atoms with Gasteiger partial charge in [-0.2, -0.15) is 4.98 Å². The van der Waals surface area contributed by atoms with Crippen molar-refractivity contribution in [2.75, 3.05) is 52.6 Å². The van der Waals surface area contributed by atoms with Crippen LogP contribution in [0.4, 0.5) is 0 Å². The maximum Gasteiger partial charge on any atom is 0.248 e. The number of rotatable bonds is 12.